The van der Waals surface area contributed by atoms with Crippen LogP contribution in [-0.2, 0) is 0 Å². The number of likely N-dealkylation sites (N-methyl/N-ethyl adjacent to an activating group) is 1. The van der Waals surface area contributed by atoms with Crippen molar-refractivity contribution < 1.29 is 4.79 Å². The van der Waals surface area contributed by atoms with E-state index in [0.717, 1.165) is 16.7 Å². The fourth-order valence-electron chi connectivity index (χ4n) is 1.18. The Morgan fingerprint density at radius 3 is 2.71 bits per heavy atom. The zero-order valence-electron chi connectivity index (χ0n) is 9.43. The molecule has 0 saturated heterocycles. The zero-order chi connectivity index (χ0) is 12.0. The van der Waals surface area contributed by atoms with Crippen molar-refractivity contribution >= 4 is 52.5 Å². The van der Waals surface area contributed by atoms with E-state index in [-0.39, 0.29) is 18.3 Å². The highest BCUT2D eigenvalue weighted by Gasteiger charge is 2.06. The molecule has 6 heteroatoms. The smallest absolute Gasteiger partial charge is 0.251 e. The maximum absolute atomic E-state index is 11.7. The van der Waals surface area contributed by atoms with Gasteiger partial charge in [0.1, 0.15) is 0 Å². The average Bonchev–Trinajstić information content (AvgIpc) is 2.28. The number of carbonyl (C=O) groups is 1. The summed E-state index contributed by atoms with van der Waals surface area (Å²) in [6.45, 7) is 4.36. The van der Waals surface area contributed by atoms with Gasteiger partial charge in [0, 0.05) is 22.2 Å². The highest BCUT2D eigenvalue weighted by molar-refractivity contribution is 14.1. The first-order chi connectivity index (χ1) is 7.65. The van der Waals surface area contributed by atoms with Crippen molar-refractivity contribution in [2.75, 3.05) is 19.6 Å². The van der Waals surface area contributed by atoms with E-state index in [1.807, 2.05) is 6.92 Å². The number of hydrogen-bond donors (Lipinski definition) is 2. The molecule has 0 saturated carbocycles. The molecule has 1 aromatic carbocycles. The molecule has 0 aliphatic carbocycles. The molecule has 0 heterocycles. The largest absolute Gasteiger partial charge is 0.351 e. The van der Waals surface area contributed by atoms with Crippen molar-refractivity contribution in [1.29, 1.82) is 0 Å². The van der Waals surface area contributed by atoms with Crippen LogP contribution in [0.3, 0.4) is 0 Å². The van der Waals surface area contributed by atoms with Crippen LogP contribution in [0.5, 0.6) is 0 Å². The lowest BCUT2D eigenvalue weighted by molar-refractivity contribution is 0.0954. The molecule has 0 aliphatic heterocycles. The van der Waals surface area contributed by atoms with E-state index in [9.17, 15) is 4.79 Å². The average molecular weight is 389 g/mol. The molecule has 0 radical (unpaired) electrons. The van der Waals surface area contributed by atoms with Crippen molar-refractivity contribution in [2.45, 2.75) is 6.92 Å². The highest BCUT2D eigenvalue weighted by Crippen LogP contribution is 2.19. The first kappa shape index (κ1) is 17.0. The SMILES string of the molecule is CCNCCNC(=O)c1ccc(Cl)c(I)c1.Cl. The number of nitrogens with one attached hydrogen (secondary N) is 2. The number of hydrogen-bond acceptors (Lipinski definition) is 2. The fourth-order valence-corrected chi connectivity index (χ4v) is 1.81. The summed E-state index contributed by atoms with van der Waals surface area (Å²) in [5, 5.41) is 6.64. The van der Waals surface area contributed by atoms with Crippen molar-refractivity contribution in [3.8, 4) is 0 Å². The van der Waals surface area contributed by atoms with Gasteiger partial charge in [0.15, 0.2) is 0 Å². The molecule has 0 fully saturated rings. The molecule has 0 bridgehead atoms. The number of rotatable bonds is 5. The van der Waals surface area contributed by atoms with Crippen LogP contribution in [-0.4, -0.2) is 25.5 Å². The standard InChI is InChI=1S/C11H14ClIN2O.ClH/c1-2-14-5-6-15-11(16)8-3-4-9(12)10(13)7-8;/h3-4,7,14H,2,5-6H2,1H3,(H,15,16);1H. The van der Waals surface area contributed by atoms with Crippen LogP contribution in [0.4, 0.5) is 0 Å². The second kappa shape index (κ2) is 8.97. The summed E-state index contributed by atoms with van der Waals surface area (Å²) in [5.74, 6) is -0.0625. The van der Waals surface area contributed by atoms with Gasteiger partial charge in [0.05, 0.1) is 5.02 Å². The molecular weight excluding hydrogens is 374 g/mol. The fraction of sp³-hybridized carbons (Fsp3) is 0.364. The van der Waals surface area contributed by atoms with Gasteiger partial charge in [-0.25, -0.2) is 0 Å². The van der Waals surface area contributed by atoms with Crippen LogP contribution < -0.4 is 10.6 Å². The summed E-state index contributed by atoms with van der Waals surface area (Å²) in [5.41, 5.74) is 0.644. The molecule has 1 amide bonds. The molecule has 0 aliphatic rings. The van der Waals surface area contributed by atoms with Gasteiger partial charge in [-0.2, -0.15) is 0 Å². The van der Waals surface area contributed by atoms with E-state index >= 15 is 0 Å². The maximum atomic E-state index is 11.7. The lowest BCUT2D eigenvalue weighted by Gasteiger charge is -2.06. The molecule has 96 valence electrons. The van der Waals surface area contributed by atoms with Gasteiger partial charge >= 0.3 is 0 Å². The van der Waals surface area contributed by atoms with Gasteiger partial charge in [-0.15, -0.1) is 12.4 Å². The van der Waals surface area contributed by atoms with Gasteiger partial charge in [-0.3, -0.25) is 4.79 Å². The third-order valence-electron chi connectivity index (χ3n) is 2.02. The molecule has 1 aromatic rings. The van der Waals surface area contributed by atoms with Crippen molar-refractivity contribution in [3.63, 3.8) is 0 Å². The highest BCUT2D eigenvalue weighted by atomic mass is 127. The summed E-state index contributed by atoms with van der Waals surface area (Å²) in [6, 6.07) is 5.25. The van der Waals surface area contributed by atoms with Gasteiger partial charge in [-0.1, -0.05) is 18.5 Å². The summed E-state index contributed by atoms with van der Waals surface area (Å²) < 4.78 is 0.888. The number of carbonyl (C=O) groups excluding carboxylic acids is 1. The van der Waals surface area contributed by atoms with Crippen LogP contribution in [0.1, 0.15) is 17.3 Å². The van der Waals surface area contributed by atoms with Crippen molar-refractivity contribution in [1.82, 2.24) is 10.6 Å². The number of halogens is 3. The molecule has 17 heavy (non-hydrogen) atoms. The first-order valence-corrected chi connectivity index (χ1v) is 6.54. The predicted molar refractivity (Wildman–Crippen MR) is 82.3 cm³/mol. The summed E-state index contributed by atoms with van der Waals surface area (Å²) in [6.07, 6.45) is 0. The Balaban J connectivity index is 0.00000256. The normalized spacial score (nSPS) is 9.59. The predicted octanol–water partition coefficient (Wildman–Crippen LogP) is 2.71. The third-order valence-corrected chi connectivity index (χ3v) is 3.56. The summed E-state index contributed by atoms with van der Waals surface area (Å²) in [4.78, 5) is 11.7. The van der Waals surface area contributed by atoms with Crippen LogP contribution in [0.2, 0.25) is 5.02 Å². The Kier molecular flexibility index (Phi) is 8.94. The van der Waals surface area contributed by atoms with E-state index in [1.165, 1.54) is 0 Å². The maximum Gasteiger partial charge on any atom is 0.251 e. The Labute approximate surface area is 126 Å². The minimum absolute atomic E-state index is 0. The molecule has 3 nitrogen and oxygen atoms in total. The second-order valence-corrected chi connectivity index (χ2v) is 4.81. The molecule has 0 aromatic heterocycles. The van der Waals surface area contributed by atoms with Crippen LogP contribution >= 0.6 is 46.6 Å². The Bertz CT molecular complexity index is 374. The lowest BCUT2D eigenvalue weighted by Crippen LogP contribution is -2.31. The van der Waals surface area contributed by atoms with Gasteiger partial charge in [0.25, 0.3) is 5.91 Å². The van der Waals surface area contributed by atoms with Gasteiger partial charge in [-0.05, 0) is 47.3 Å². The summed E-state index contributed by atoms with van der Waals surface area (Å²) in [7, 11) is 0. The molecule has 1 rings (SSSR count). The molecule has 0 atom stereocenters. The van der Waals surface area contributed by atoms with E-state index in [1.54, 1.807) is 18.2 Å². The molecular formula is C11H15Cl2IN2O. The lowest BCUT2D eigenvalue weighted by atomic mass is 10.2. The van der Waals surface area contributed by atoms with E-state index < -0.39 is 0 Å². The third kappa shape index (κ3) is 5.90. The van der Waals surface area contributed by atoms with Crippen molar-refractivity contribution in [2.24, 2.45) is 0 Å². The van der Waals surface area contributed by atoms with Crippen LogP contribution in [0, 0.1) is 3.57 Å². The molecule has 0 spiro atoms. The quantitative estimate of drug-likeness (QED) is 0.601. The molecule has 0 unspecified atom stereocenters. The van der Waals surface area contributed by atoms with Crippen LogP contribution in [0.25, 0.3) is 0 Å². The van der Waals surface area contributed by atoms with Crippen molar-refractivity contribution in [3.05, 3.63) is 32.4 Å². The molecule has 2 N–H and O–H groups in total. The Morgan fingerprint density at radius 1 is 1.41 bits per heavy atom. The monoisotopic (exact) mass is 388 g/mol. The summed E-state index contributed by atoms with van der Waals surface area (Å²) >= 11 is 7.99. The first-order valence-electron chi connectivity index (χ1n) is 5.09. The minimum atomic E-state index is -0.0625. The zero-order valence-corrected chi connectivity index (χ0v) is 13.2. The van der Waals surface area contributed by atoms with E-state index in [0.29, 0.717) is 17.1 Å². The number of amides is 1. The topological polar surface area (TPSA) is 41.1 Å². The minimum Gasteiger partial charge on any atom is -0.351 e. The Hall–Kier alpha value is -0.0400. The van der Waals surface area contributed by atoms with E-state index in [4.69, 9.17) is 11.6 Å². The number of benzene rings is 1. The second-order valence-electron chi connectivity index (χ2n) is 3.24. The van der Waals surface area contributed by atoms with Gasteiger partial charge < -0.3 is 10.6 Å². The Morgan fingerprint density at radius 2 is 2.12 bits per heavy atom. The van der Waals surface area contributed by atoms with Crippen LogP contribution in [0.15, 0.2) is 18.2 Å². The van der Waals surface area contributed by atoms with E-state index in [2.05, 4.69) is 33.2 Å². The van der Waals surface area contributed by atoms with Gasteiger partial charge in [0.2, 0.25) is 0 Å².